The second-order valence-electron chi connectivity index (χ2n) is 12.9. The Morgan fingerprint density at radius 3 is 2.40 bits per heavy atom. The van der Waals surface area contributed by atoms with Gasteiger partial charge in [-0.05, 0) is 69.2 Å². The average Bonchev–Trinajstić information content (AvgIpc) is 3.21. The molecule has 1 unspecified atom stereocenters. The van der Waals surface area contributed by atoms with Crippen molar-refractivity contribution in [2.24, 2.45) is 0 Å². The summed E-state index contributed by atoms with van der Waals surface area (Å²) in [5, 5.41) is 2.61. The van der Waals surface area contributed by atoms with E-state index < -0.39 is 29.6 Å². The molecule has 3 amide bonds. The van der Waals surface area contributed by atoms with E-state index in [0.29, 0.717) is 34.5 Å². The fourth-order valence-corrected chi connectivity index (χ4v) is 5.64. The average molecular weight is 703 g/mol. The number of benzene rings is 3. The first-order valence-electron chi connectivity index (χ1n) is 17.1. The van der Waals surface area contributed by atoms with E-state index in [1.807, 2.05) is 60.7 Å². The van der Waals surface area contributed by atoms with E-state index in [1.54, 1.807) is 62.9 Å². The SMILES string of the molecule is CCOC(=O)CC(c1ccccc1)N1CC(=O)N(Cc2ccccc2)c2ccc(C#CCCOc3cccnc3NC(=O)OC(C)(C)C)cc2C1=O. The van der Waals surface area contributed by atoms with Crippen LogP contribution in [-0.2, 0) is 25.6 Å². The summed E-state index contributed by atoms with van der Waals surface area (Å²) in [4.78, 5) is 60.8. The molecule has 0 saturated heterocycles. The van der Waals surface area contributed by atoms with Crippen LogP contribution in [0.4, 0.5) is 16.3 Å². The Balaban J connectivity index is 1.40. The normalized spacial score (nSPS) is 13.2. The van der Waals surface area contributed by atoms with E-state index in [9.17, 15) is 19.2 Å². The van der Waals surface area contributed by atoms with E-state index in [-0.39, 0.29) is 44.4 Å². The van der Waals surface area contributed by atoms with Gasteiger partial charge in [0.05, 0.1) is 43.5 Å². The van der Waals surface area contributed by atoms with E-state index in [1.165, 1.54) is 11.1 Å². The number of rotatable bonds is 11. The van der Waals surface area contributed by atoms with Crippen LogP contribution in [-0.4, -0.2) is 59.1 Å². The number of carbonyl (C=O) groups is 4. The van der Waals surface area contributed by atoms with Gasteiger partial charge in [0.1, 0.15) is 12.1 Å². The molecule has 11 nitrogen and oxygen atoms in total. The Labute approximate surface area is 303 Å². The quantitative estimate of drug-likeness (QED) is 0.101. The second kappa shape index (κ2) is 17.2. The molecular formula is C41H42N4O7. The van der Waals surface area contributed by atoms with Gasteiger partial charge in [-0.1, -0.05) is 72.5 Å². The highest BCUT2D eigenvalue weighted by atomic mass is 16.6. The van der Waals surface area contributed by atoms with Crippen molar-refractivity contribution < 1.29 is 33.4 Å². The molecule has 4 aromatic rings. The van der Waals surface area contributed by atoms with Crippen LogP contribution >= 0.6 is 0 Å². The van der Waals surface area contributed by atoms with E-state index >= 15 is 0 Å². The number of ether oxygens (including phenoxy) is 3. The summed E-state index contributed by atoms with van der Waals surface area (Å²) in [6.45, 7) is 7.44. The summed E-state index contributed by atoms with van der Waals surface area (Å²) in [5.41, 5.74) is 2.26. The molecule has 2 heterocycles. The maximum Gasteiger partial charge on any atom is 0.413 e. The van der Waals surface area contributed by atoms with Crippen molar-refractivity contribution in [3.8, 4) is 17.6 Å². The van der Waals surface area contributed by atoms with Crippen LogP contribution in [0.1, 0.15) is 73.6 Å². The van der Waals surface area contributed by atoms with Gasteiger partial charge in [0.15, 0.2) is 11.6 Å². The smallest absolute Gasteiger partial charge is 0.413 e. The summed E-state index contributed by atoms with van der Waals surface area (Å²) in [7, 11) is 0. The van der Waals surface area contributed by atoms with Crippen LogP contribution in [0.25, 0.3) is 0 Å². The summed E-state index contributed by atoms with van der Waals surface area (Å²) in [5.74, 6) is 5.64. The van der Waals surface area contributed by atoms with Crippen molar-refractivity contribution in [1.29, 1.82) is 0 Å². The Morgan fingerprint density at radius 2 is 1.69 bits per heavy atom. The monoisotopic (exact) mass is 702 g/mol. The van der Waals surface area contributed by atoms with Gasteiger partial charge in [-0.15, -0.1) is 0 Å². The predicted octanol–water partition coefficient (Wildman–Crippen LogP) is 6.93. The van der Waals surface area contributed by atoms with Crippen LogP contribution in [0.3, 0.4) is 0 Å². The third-order valence-electron chi connectivity index (χ3n) is 7.90. The topological polar surface area (TPSA) is 127 Å². The highest BCUT2D eigenvalue weighted by Gasteiger charge is 2.37. The maximum atomic E-state index is 14.5. The number of fused-ring (bicyclic) bond motifs is 1. The van der Waals surface area contributed by atoms with Gasteiger partial charge in [-0.3, -0.25) is 19.7 Å². The van der Waals surface area contributed by atoms with Gasteiger partial charge in [0.25, 0.3) is 5.91 Å². The Hall–Kier alpha value is -6.15. The lowest BCUT2D eigenvalue weighted by Crippen LogP contribution is -2.41. The molecule has 268 valence electrons. The Bertz CT molecular complexity index is 1950. The number of carbonyl (C=O) groups excluding carboxylic acids is 4. The lowest BCUT2D eigenvalue weighted by molar-refractivity contribution is -0.144. The second-order valence-corrected chi connectivity index (χ2v) is 12.9. The zero-order valence-corrected chi connectivity index (χ0v) is 29.8. The van der Waals surface area contributed by atoms with Gasteiger partial charge in [0, 0.05) is 18.2 Å². The number of nitrogens with one attached hydrogen (secondary N) is 1. The van der Waals surface area contributed by atoms with E-state index in [2.05, 4.69) is 22.1 Å². The maximum absolute atomic E-state index is 14.5. The van der Waals surface area contributed by atoms with Crippen molar-refractivity contribution in [2.45, 2.75) is 58.7 Å². The van der Waals surface area contributed by atoms with Gasteiger partial charge in [0.2, 0.25) is 5.91 Å². The molecule has 5 rings (SSSR count). The highest BCUT2D eigenvalue weighted by Crippen LogP contribution is 2.34. The molecule has 11 heteroatoms. The van der Waals surface area contributed by atoms with Crippen LogP contribution < -0.4 is 15.0 Å². The van der Waals surface area contributed by atoms with Crippen molar-refractivity contribution in [2.75, 3.05) is 30.0 Å². The standard InChI is InChI=1S/C41H42N4O7/c1-5-50-37(47)26-34(31-18-10-7-11-19-31)45-28-36(46)44(27-30-16-8-6-9-17-30)33-22-21-29(25-32(33)39(45)48)15-12-13-24-51-35-20-14-23-42-38(35)43-40(49)52-41(2,3)4/h6-11,14,16-23,25,34H,5,13,24,26-28H2,1-4H3,(H,42,43,49). The Kier molecular flexibility index (Phi) is 12.3. The number of amides is 3. The number of esters is 1. The van der Waals surface area contributed by atoms with Crippen molar-refractivity contribution in [3.63, 3.8) is 0 Å². The fraction of sp³-hybridized carbons (Fsp3) is 0.293. The molecule has 1 aliphatic rings. The lowest BCUT2D eigenvalue weighted by atomic mass is 10.00. The fourth-order valence-electron chi connectivity index (χ4n) is 5.64. The first-order chi connectivity index (χ1) is 25.0. The van der Waals surface area contributed by atoms with Crippen LogP contribution in [0, 0.1) is 11.8 Å². The molecule has 0 spiro atoms. The number of hydrogen-bond donors (Lipinski definition) is 1. The zero-order chi connectivity index (χ0) is 37.1. The minimum Gasteiger partial charge on any atom is -0.489 e. The van der Waals surface area contributed by atoms with Crippen LogP contribution in [0.15, 0.2) is 97.2 Å². The molecular weight excluding hydrogens is 660 g/mol. The minimum absolute atomic E-state index is 0.115. The molecule has 0 bridgehead atoms. The van der Waals surface area contributed by atoms with E-state index in [4.69, 9.17) is 14.2 Å². The third kappa shape index (κ3) is 9.97. The molecule has 1 aliphatic heterocycles. The molecule has 3 aromatic carbocycles. The van der Waals surface area contributed by atoms with Gasteiger partial charge in [-0.2, -0.15) is 0 Å². The van der Waals surface area contributed by atoms with Crippen molar-refractivity contribution in [1.82, 2.24) is 9.88 Å². The molecule has 0 fully saturated rings. The summed E-state index contributed by atoms with van der Waals surface area (Å²) >= 11 is 0. The first kappa shape index (κ1) is 37.1. The molecule has 1 aromatic heterocycles. The summed E-state index contributed by atoms with van der Waals surface area (Å²) < 4.78 is 16.5. The minimum atomic E-state index is -0.740. The van der Waals surface area contributed by atoms with Gasteiger partial charge < -0.3 is 24.0 Å². The first-order valence-corrected chi connectivity index (χ1v) is 17.1. The van der Waals surface area contributed by atoms with Gasteiger partial charge >= 0.3 is 12.1 Å². The zero-order valence-electron chi connectivity index (χ0n) is 29.8. The summed E-state index contributed by atoms with van der Waals surface area (Å²) in [6, 6.07) is 26.6. The molecule has 0 saturated carbocycles. The van der Waals surface area contributed by atoms with Crippen LogP contribution in [0.2, 0.25) is 0 Å². The lowest BCUT2D eigenvalue weighted by Gasteiger charge is -2.30. The number of aromatic nitrogens is 1. The largest absolute Gasteiger partial charge is 0.489 e. The number of pyridine rings is 1. The Morgan fingerprint density at radius 1 is 0.962 bits per heavy atom. The van der Waals surface area contributed by atoms with Crippen molar-refractivity contribution >= 4 is 35.4 Å². The number of nitrogens with zero attached hydrogens (tertiary/aromatic N) is 3. The molecule has 0 radical (unpaired) electrons. The van der Waals surface area contributed by atoms with Crippen molar-refractivity contribution in [3.05, 3.63) is 119 Å². The van der Waals surface area contributed by atoms with E-state index in [0.717, 1.165) is 5.56 Å². The molecule has 52 heavy (non-hydrogen) atoms. The van der Waals surface area contributed by atoms with Crippen LogP contribution in [0.5, 0.6) is 5.75 Å². The molecule has 1 atom stereocenters. The number of anilines is 2. The third-order valence-corrected chi connectivity index (χ3v) is 7.90. The predicted molar refractivity (Wildman–Crippen MR) is 197 cm³/mol. The summed E-state index contributed by atoms with van der Waals surface area (Å²) in [6.07, 6.45) is 1.10. The molecule has 1 N–H and O–H groups in total. The highest BCUT2D eigenvalue weighted by molar-refractivity contribution is 6.10. The molecule has 0 aliphatic carbocycles. The van der Waals surface area contributed by atoms with Gasteiger partial charge in [-0.25, -0.2) is 9.78 Å². The number of hydrogen-bond acceptors (Lipinski definition) is 8.